The van der Waals surface area contributed by atoms with E-state index in [1.165, 1.54) is 11.3 Å². The molecule has 0 amide bonds. The van der Waals surface area contributed by atoms with E-state index in [0.717, 1.165) is 27.4 Å². The van der Waals surface area contributed by atoms with Gasteiger partial charge in [-0.3, -0.25) is 0 Å². The van der Waals surface area contributed by atoms with Gasteiger partial charge in [-0.15, -0.1) is 0 Å². The molecule has 2 heterocycles. The van der Waals surface area contributed by atoms with Crippen LogP contribution in [-0.2, 0) is 0 Å². The summed E-state index contributed by atoms with van der Waals surface area (Å²) in [6, 6.07) is 9.44. The highest BCUT2D eigenvalue weighted by molar-refractivity contribution is 7.21. The lowest BCUT2D eigenvalue weighted by atomic mass is 10.2. The zero-order valence-electron chi connectivity index (χ0n) is 10.1. The van der Waals surface area contributed by atoms with Gasteiger partial charge < -0.3 is 11.1 Å². The van der Waals surface area contributed by atoms with E-state index in [0.29, 0.717) is 10.2 Å². The number of hydrogen-bond donors (Lipinski definition) is 2. The Balaban J connectivity index is 1.98. The summed E-state index contributed by atoms with van der Waals surface area (Å²) in [6.07, 6.45) is 0. The topological polar surface area (TPSA) is 63.8 Å². The van der Waals surface area contributed by atoms with Gasteiger partial charge in [0, 0.05) is 10.7 Å². The quantitative estimate of drug-likeness (QED) is 0.749. The Morgan fingerprint density at radius 3 is 2.68 bits per heavy atom. The number of aryl methyl sites for hydroxylation is 1. The Labute approximate surface area is 119 Å². The molecule has 0 saturated heterocycles. The summed E-state index contributed by atoms with van der Waals surface area (Å²) in [5.74, 6) is 0.774. The van der Waals surface area contributed by atoms with Gasteiger partial charge >= 0.3 is 0 Å². The summed E-state index contributed by atoms with van der Waals surface area (Å²) < 4.78 is 0. The second-order valence-electron chi connectivity index (χ2n) is 4.16. The van der Waals surface area contributed by atoms with E-state index in [1.807, 2.05) is 37.3 Å². The maximum atomic E-state index is 5.86. The molecule has 3 rings (SSSR count). The van der Waals surface area contributed by atoms with Crippen molar-refractivity contribution in [2.45, 2.75) is 6.92 Å². The predicted octanol–water partition coefficient (Wildman–Crippen LogP) is 3.98. The number of thiazole rings is 1. The molecule has 0 fully saturated rings. The highest BCUT2D eigenvalue weighted by Crippen LogP contribution is 2.27. The molecule has 0 aliphatic rings. The van der Waals surface area contributed by atoms with E-state index >= 15 is 0 Å². The highest BCUT2D eigenvalue weighted by Gasteiger charge is 2.08. The minimum Gasteiger partial charge on any atom is -0.375 e. The lowest BCUT2D eigenvalue weighted by molar-refractivity contribution is 1.33. The number of pyridine rings is 1. The van der Waals surface area contributed by atoms with Crippen molar-refractivity contribution in [3.8, 4) is 0 Å². The first kappa shape index (κ1) is 12.2. The van der Waals surface area contributed by atoms with Gasteiger partial charge in [0.2, 0.25) is 0 Å². The second-order valence-corrected chi connectivity index (χ2v) is 5.61. The second kappa shape index (κ2) is 4.68. The van der Waals surface area contributed by atoms with Crippen LogP contribution in [0.5, 0.6) is 0 Å². The molecule has 0 spiro atoms. The van der Waals surface area contributed by atoms with Crippen LogP contribution in [0.4, 0.5) is 16.6 Å². The number of hydrogen-bond acceptors (Lipinski definition) is 5. The Morgan fingerprint density at radius 2 is 1.95 bits per heavy atom. The molecule has 19 heavy (non-hydrogen) atoms. The fourth-order valence-corrected chi connectivity index (χ4v) is 2.73. The molecule has 96 valence electrons. The molecule has 0 atom stereocenters. The smallest absolute Gasteiger partial charge is 0.182 e. The SMILES string of the molecule is Cc1cc(Nc2ccc(Cl)cc2)nc2sc(N)nc12. The average molecular weight is 291 g/mol. The molecule has 4 nitrogen and oxygen atoms in total. The van der Waals surface area contributed by atoms with Crippen LogP contribution < -0.4 is 11.1 Å². The average Bonchev–Trinajstić information content (AvgIpc) is 2.73. The van der Waals surface area contributed by atoms with Gasteiger partial charge in [0.15, 0.2) is 5.13 Å². The maximum Gasteiger partial charge on any atom is 0.182 e. The van der Waals surface area contributed by atoms with Gasteiger partial charge in [-0.2, -0.15) is 0 Å². The van der Waals surface area contributed by atoms with Gasteiger partial charge in [0.25, 0.3) is 0 Å². The van der Waals surface area contributed by atoms with Gasteiger partial charge in [0.1, 0.15) is 16.2 Å². The summed E-state index contributed by atoms with van der Waals surface area (Å²) in [6.45, 7) is 2.00. The third-order valence-corrected chi connectivity index (χ3v) is 3.72. The van der Waals surface area contributed by atoms with Gasteiger partial charge in [-0.1, -0.05) is 22.9 Å². The van der Waals surface area contributed by atoms with Gasteiger partial charge in [0.05, 0.1) is 0 Å². The first-order valence-corrected chi connectivity index (χ1v) is 6.87. The molecule has 0 aliphatic carbocycles. The Bertz CT molecular complexity index is 736. The van der Waals surface area contributed by atoms with Crippen molar-refractivity contribution in [1.82, 2.24) is 9.97 Å². The lowest BCUT2D eigenvalue weighted by Crippen LogP contribution is -1.94. The molecule has 0 saturated carbocycles. The number of fused-ring (bicyclic) bond motifs is 1. The minimum atomic E-state index is 0.536. The zero-order valence-corrected chi connectivity index (χ0v) is 11.7. The van der Waals surface area contributed by atoms with Crippen molar-refractivity contribution >= 4 is 49.9 Å². The Hall–Kier alpha value is -1.85. The van der Waals surface area contributed by atoms with Crippen LogP contribution in [0.25, 0.3) is 10.3 Å². The summed E-state index contributed by atoms with van der Waals surface area (Å²) in [5.41, 5.74) is 8.56. The Morgan fingerprint density at radius 1 is 1.21 bits per heavy atom. The largest absolute Gasteiger partial charge is 0.375 e. The number of rotatable bonds is 2. The molecule has 3 aromatic rings. The van der Waals surface area contributed by atoms with Crippen LogP contribution in [0.3, 0.4) is 0 Å². The predicted molar refractivity (Wildman–Crippen MR) is 81.3 cm³/mol. The van der Waals surface area contributed by atoms with Crippen molar-refractivity contribution in [1.29, 1.82) is 0 Å². The standard InChI is InChI=1S/C13H11ClN4S/c1-7-6-10(16-9-4-2-8(14)3-5-9)17-12-11(7)18-13(15)19-12/h2-6H,1H3,(H2,15,18)(H,16,17). The van der Waals surface area contributed by atoms with E-state index < -0.39 is 0 Å². The number of benzene rings is 1. The number of aromatic nitrogens is 2. The summed E-state index contributed by atoms with van der Waals surface area (Å²) in [7, 11) is 0. The number of halogens is 1. The van der Waals surface area contributed by atoms with Crippen LogP contribution in [-0.4, -0.2) is 9.97 Å². The van der Waals surface area contributed by atoms with Crippen molar-refractivity contribution in [2.24, 2.45) is 0 Å². The first-order chi connectivity index (χ1) is 9.11. The third kappa shape index (κ3) is 2.47. The number of nitrogens with zero attached hydrogens (tertiary/aromatic N) is 2. The van der Waals surface area contributed by atoms with E-state index in [1.54, 1.807) is 0 Å². The van der Waals surface area contributed by atoms with Crippen LogP contribution in [0, 0.1) is 6.92 Å². The summed E-state index contributed by atoms with van der Waals surface area (Å²) >= 11 is 7.24. The van der Waals surface area contributed by atoms with E-state index in [-0.39, 0.29) is 0 Å². The molecule has 0 unspecified atom stereocenters. The highest BCUT2D eigenvalue weighted by atomic mass is 35.5. The number of nitrogen functional groups attached to an aromatic ring is 1. The molecule has 3 N–H and O–H groups in total. The summed E-state index contributed by atoms with van der Waals surface area (Å²) in [4.78, 5) is 9.61. The molecule has 0 aliphatic heterocycles. The van der Waals surface area contributed by atoms with Crippen LogP contribution in [0.1, 0.15) is 5.56 Å². The lowest BCUT2D eigenvalue weighted by Gasteiger charge is -2.06. The monoisotopic (exact) mass is 290 g/mol. The zero-order chi connectivity index (χ0) is 13.4. The van der Waals surface area contributed by atoms with Crippen molar-refractivity contribution in [2.75, 3.05) is 11.1 Å². The third-order valence-electron chi connectivity index (χ3n) is 2.69. The maximum absolute atomic E-state index is 5.86. The van der Waals surface area contributed by atoms with Crippen LogP contribution >= 0.6 is 22.9 Å². The first-order valence-electron chi connectivity index (χ1n) is 5.68. The van der Waals surface area contributed by atoms with E-state index in [2.05, 4.69) is 15.3 Å². The summed E-state index contributed by atoms with van der Waals surface area (Å²) in [5, 5.41) is 4.49. The molecule has 0 bridgehead atoms. The Kier molecular flexibility index (Phi) is 3.00. The van der Waals surface area contributed by atoms with Crippen molar-refractivity contribution in [3.05, 3.63) is 40.9 Å². The van der Waals surface area contributed by atoms with Crippen molar-refractivity contribution < 1.29 is 0 Å². The van der Waals surface area contributed by atoms with Gasteiger partial charge in [-0.25, -0.2) is 9.97 Å². The van der Waals surface area contributed by atoms with Crippen LogP contribution in [0.2, 0.25) is 5.02 Å². The fourth-order valence-electron chi connectivity index (χ4n) is 1.82. The molecule has 1 aromatic carbocycles. The van der Waals surface area contributed by atoms with Gasteiger partial charge in [-0.05, 0) is 42.8 Å². The fraction of sp³-hybridized carbons (Fsp3) is 0.0769. The molecule has 0 radical (unpaired) electrons. The molecule has 2 aromatic heterocycles. The minimum absolute atomic E-state index is 0.536. The van der Waals surface area contributed by atoms with Crippen molar-refractivity contribution in [3.63, 3.8) is 0 Å². The number of anilines is 3. The normalized spacial score (nSPS) is 10.8. The molecular formula is C13H11ClN4S. The number of nitrogens with two attached hydrogens (primary N) is 1. The van der Waals surface area contributed by atoms with E-state index in [9.17, 15) is 0 Å². The van der Waals surface area contributed by atoms with Crippen LogP contribution in [0.15, 0.2) is 30.3 Å². The molecule has 6 heteroatoms. The number of nitrogens with one attached hydrogen (secondary N) is 1. The van der Waals surface area contributed by atoms with E-state index in [4.69, 9.17) is 17.3 Å². The molecular weight excluding hydrogens is 280 g/mol.